The minimum absolute atomic E-state index is 0.199. The quantitative estimate of drug-likeness (QED) is 0.774. The molecule has 3 nitrogen and oxygen atoms in total. The van der Waals surface area contributed by atoms with Gasteiger partial charge in [0.15, 0.2) is 0 Å². The molecule has 0 radical (unpaired) electrons. The van der Waals surface area contributed by atoms with Gasteiger partial charge in [0.25, 0.3) is 0 Å². The summed E-state index contributed by atoms with van der Waals surface area (Å²) in [7, 11) is 0. The molecule has 2 atom stereocenters. The van der Waals surface area contributed by atoms with E-state index in [4.69, 9.17) is 0 Å². The number of rotatable bonds is 5. The van der Waals surface area contributed by atoms with Crippen LogP contribution in [0.2, 0.25) is 0 Å². The highest BCUT2D eigenvalue weighted by Crippen LogP contribution is 2.27. The van der Waals surface area contributed by atoms with Crippen molar-refractivity contribution in [2.24, 2.45) is 11.3 Å². The van der Waals surface area contributed by atoms with E-state index in [2.05, 4.69) is 38.3 Å². The lowest BCUT2D eigenvalue weighted by molar-refractivity contribution is -0.122. The summed E-state index contributed by atoms with van der Waals surface area (Å²) in [5.41, 5.74) is 0.213. The predicted octanol–water partition coefficient (Wildman–Crippen LogP) is 2.32. The SMILES string of the molecule is CC(CC(=O)NCC[C@H]1CCCN1)C(C)(C)C. The zero-order valence-corrected chi connectivity index (χ0v) is 11.8. The van der Waals surface area contributed by atoms with Gasteiger partial charge in [0.05, 0.1) is 0 Å². The summed E-state index contributed by atoms with van der Waals surface area (Å²) in [6, 6.07) is 0.621. The van der Waals surface area contributed by atoms with Gasteiger partial charge in [-0.05, 0) is 37.1 Å². The minimum atomic E-state index is 0.199. The van der Waals surface area contributed by atoms with Gasteiger partial charge in [0.1, 0.15) is 0 Å². The Bertz CT molecular complexity index is 239. The van der Waals surface area contributed by atoms with Gasteiger partial charge in [-0.1, -0.05) is 27.7 Å². The zero-order valence-electron chi connectivity index (χ0n) is 11.8. The highest BCUT2D eigenvalue weighted by Gasteiger charge is 2.22. The van der Waals surface area contributed by atoms with Crippen LogP contribution in [0.5, 0.6) is 0 Å². The molecule has 2 N–H and O–H groups in total. The van der Waals surface area contributed by atoms with E-state index in [0.29, 0.717) is 18.4 Å². The van der Waals surface area contributed by atoms with E-state index in [9.17, 15) is 4.79 Å². The normalized spacial score (nSPS) is 22.5. The molecule has 1 fully saturated rings. The average Bonchev–Trinajstić information content (AvgIpc) is 2.69. The fourth-order valence-electron chi connectivity index (χ4n) is 2.05. The largest absolute Gasteiger partial charge is 0.356 e. The second-order valence-electron chi connectivity index (χ2n) is 6.40. The summed E-state index contributed by atoms with van der Waals surface area (Å²) in [4.78, 5) is 11.7. The molecule has 0 aromatic heterocycles. The van der Waals surface area contributed by atoms with E-state index >= 15 is 0 Å². The summed E-state index contributed by atoms with van der Waals surface area (Å²) in [6.45, 7) is 10.7. The van der Waals surface area contributed by atoms with Gasteiger partial charge in [0, 0.05) is 19.0 Å². The summed E-state index contributed by atoms with van der Waals surface area (Å²) in [6.07, 6.45) is 4.24. The lowest BCUT2D eigenvalue weighted by atomic mass is 9.80. The van der Waals surface area contributed by atoms with E-state index in [1.807, 2.05) is 0 Å². The van der Waals surface area contributed by atoms with Crippen LogP contribution in [0.3, 0.4) is 0 Å². The van der Waals surface area contributed by atoms with Gasteiger partial charge in [-0.2, -0.15) is 0 Å². The van der Waals surface area contributed by atoms with Gasteiger partial charge in [0.2, 0.25) is 5.91 Å². The fraction of sp³-hybridized carbons (Fsp3) is 0.929. The first-order chi connectivity index (χ1) is 7.89. The Balaban J connectivity index is 2.12. The maximum Gasteiger partial charge on any atom is 0.220 e. The fourth-order valence-corrected chi connectivity index (χ4v) is 2.05. The second kappa shape index (κ2) is 6.39. The topological polar surface area (TPSA) is 41.1 Å². The number of amides is 1. The molecular formula is C14H28N2O. The molecule has 1 aliphatic heterocycles. The van der Waals surface area contributed by atoms with E-state index in [1.165, 1.54) is 12.8 Å². The van der Waals surface area contributed by atoms with E-state index in [-0.39, 0.29) is 11.3 Å². The average molecular weight is 240 g/mol. The smallest absolute Gasteiger partial charge is 0.220 e. The van der Waals surface area contributed by atoms with Gasteiger partial charge in [-0.15, -0.1) is 0 Å². The molecule has 17 heavy (non-hydrogen) atoms. The Morgan fingerprint density at radius 3 is 2.71 bits per heavy atom. The van der Waals surface area contributed by atoms with Crippen molar-refractivity contribution in [2.75, 3.05) is 13.1 Å². The molecule has 0 spiro atoms. The molecule has 1 heterocycles. The van der Waals surface area contributed by atoms with Crippen molar-refractivity contribution in [3.63, 3.8) is 0 Å². The molecular weight excluding hydrogens is 212 g/mol. The summed E-state index contributed by atoms with van der Waals surface area (Å²) in [5, 5.41) is 6.48. The molecule has 1 amide bonds. The third kappa shape index (κ3) is 5.53. The molecule has 0 aliphatic carbocycles. The minimum Gasteiger partial charge on any atom is -0.356 e. The standard InChI is InChI=1S/C14H28N2O/c1-11(14(2,3)4)10-13(17)16-9-7-12-6-5-8-15-12/h11-12,15H,5-10H2,1-4H3,(H,16,17)/t11?,12-/m1/s1. The van der Waals surface area contributed by atoms with Gasteiger partial charge >= 0.3 is 0 Å². The van der Waals surface area contributed by atoms with Crippen molar-refractivity contribution in [1.29, 1.82) is 0 Å². The maximum absolute atomic E-state index is 11.7. The predicted molar refractivity (Wildman–Crippen MR) is 71.9 cm³/mol. The molecule has 1 unspecified atom stereocenters. The Hall–Kier alpha value is -0.570. The van der Waals surface area contributed by atoms with Gasteiger partial charge in [-0.25, -0.2) is 0 Å². The van der Waals surface area contributed by atoms with Crippen LogP contribution in [-0.4, -0.2) is 25.0 Å². The van der Waals surface area contributed by atoms with Crippen LogP contribution in [0.4, 0.5) is 0 Å². The molecule has 1 rings (SSSR count). The molecule has 0 saturated carbocycles. The first kappa shape index (κ1) is 14.5. The maximum atomic E-state index is 11.7. The van der Waals surface area contributed by atoms with Crippen LogP contribution in [0.1, 0.15) is 53.4 Å². The van der Waals surface area contributed by atoms with Crippen molar-refractivity contribution in [3.8, 4) is 0 Å². The Morgan fingerprint density at radius 2 is 2.18 bits per heavy atom. The van der Waals surface area contributed by atoms with Crippen molar-refractivity contribution in [1.82, 2.24) is 10.6 Å². The van der Waals surface area contributed by atoms with Crippen LogP contribution in [0, 0.1) is 11.3 Å². The third-order valence-corrected chi connectivity index (χ3v) is 3.95. The van der Waals surface area contributed by atoms with Crippen LogP contribution in [0.15, 0.2) is 0 Å². The molecule has 1 aliphatic rings. The third-order valence-electron chi connectivity index (χ3n) is 3.95. The lowest BCUT2D eigenvalue weighted by Gasteiger charge is -2.26. The summed E-state index contributed by atoms with van der Waals surface area (Å²) in [5.74, 6) is 0.623. The molecule has 100 valence electrons. The van der Waals surface area contributed by atoms with Crippen LogP contribution in [-0.2, 0) is 4.79 Å². The van der Waals surface area contributed by atoms with Crippen molar-refractivity contribution >= 4 is 5.91 Å². The highest BCUT2D eigenvalue weighted by atomic mass is 16.1. The number of carbonyl (C=O) groups is 1. The summed E-state index contributed by atoms with van der Waals surface area (Å²) >= 11 is 0. The Labute approximate surface area is 106 Å². The Kier molecular flexibility index (Phi) is 5.44. The molecule has 1 saturated heterocycles. The van der Waals surface area contributed by atoms with E-state index in [0.717, 1.165) is 19.5 Å². The number of carbonyl (C=O) groups excluding carboxylic acids is 1. The Morgan fingerprint density at radius 1 is 1.47 bits per heavy atom. The van der Waals surface area contributed by atoms with Crippen molar-refractivity contribution in [3.05, 3.63) is 0 Å². The number of nitrogens with one attached hydrogen (secondary N) is 2. The number of hydrogen-bond acceptors (Lipinski definition) is 2. The second-order valence-corrected chi connectivity index (χ2v) is 6.40. The molecule has 3 heteroatoms. The van der Waals surface area contributed by atoms with Crippen molar-refractivity contribution < 1.29 is 4.79 Å². The first-order valence-electron chi connectivity index (χ1n) is 6.89. The highest BCUT2D eigenvalue weighted by molar-refractivity contribution is 5.76. The lowest BCUT2D eigenvalue weighted by Crippen LogP contribution is -2.32. The zero-order chi connectivity index (χ0) is 12.9. The van der Waals surface area contributed by atoms with Gasteiger partial charge in [-0.3, -0.25) is 4.79 Å². The van der Waals surface area contributed by atoms with Crippen LogP contribution < -0.4 is 10.6 Å². The monoisotopic (exact) mass is 240 g/mol. The summed E-state index contributed by atoms with van der Waals surface area (Å²) < 4.78 is 0. The molecule has 0 bridgehead atoms. The molecule has 0 aromatic carbocycles. The van der Waals surface area contributed by atoms with Gasteiger partial charge < -0.3 is 10.6 Å². The first-order valence-corrected chi connectivity index (χ1v) is 6.89. The van der Waals surface area contributed by atoms with E-state index < -0.39 is 0 Å². The van der Waals surface area contributed by atoms with Crippen LogP contribution >= 0.6 is 0 Å². The van der Waals surface area contributed by atoms with Crippen molar-refractivity contribution in [2.45, 2.75) is 59.4 Å². The number of hydrogen-bond donors (Lipinski definition) is 2. The molecule has 0 aromatic rings. The van der Waals surface area contributed by atoms with E-state index in [1.54, 1.807) is 0 Å². The van der Waals surface area contributed by atoms with Crippen LogP contribution in [0.25, 0.3) is 0 Å².